The summed E-state index contributed by atoms with van der Waals surface area (Å²) in [5.41, 5.74) is 2.75. The SMILES string of the molecule is CC(C)C(=O)N(Cc1cc(NC(=O)c2cccs2)ccc1N(C)C)C[C@H]1CCCO1. The van der Waals surface area contributed by atoms with Gasteiger partial charge in [0.1, 0.15) is 0 Å². The van der Waals surface area contributed by atoms with Crippen LogP contribution in [0.1, 0.15) is 41.9 Å². The molecule has 0 unspecified atom stereocenters. The molecule has 2 aromatic rings. The second kappa shape index (κ2) is 10.1. The largest absolute Gasteiger partial charge is 0.377 e. The fraction of sp³-hybridized carbons (Fsp3) is 0.478. The van der Waals surface area contributed by atoms with Crippen LogP contribution in [0.25, 0.3) is 0 Å². The van der Waals surface area contributed by atoms with Crippen molar-refractivity contribution in [1.29, 1.82) is 0 Å². The van der Waals surface area contributed by atoms with E-state index in [0.29, 0.717) is 18.0 Å². The van der Waals surface area contributed by atoms with Crippen LogP contribution in [0, 0.1) is 5.92 Å². The van der Waals surface area contributed by atoms with Crippen LogP contribution in [0.3, 0.4) is 0 Å². The predicted octanol–water partition coefficient (Wildman–Crippen LogP) is 4.23. The predicted molar refractivity (Wildman–Crippen MR) is 122 cm³/mol. The summed E-state index contributed by atoms with van der Waals surface area (Å²) in [4.78, 5) is 30.0. The Bertz CT molecular complexity index is 859. The molecule has 1 aliphatic heterocycles. The standard InChI is InChI=1S/C23H31N3O3S/c1-16(2)23(28)26(15-19-7-5-11-29-19)14-17-13-18(9-10-20(17)25(3)4)24-22(27)21-8-6-12-30-21/h6,8-10,12-13,16,19H,5,7,11,14-15H2,1-4H3,(H,24,27)/t19-/m1/s1. The minimum atomic E-state index is -0.122. The highest BCUT2D eigenvalue weighted by atomic mass is 32.1. The van der Waals surface area contributed by atoms with E-state index in [2.05, 4.69) is 5.32 Å². The smallest absolute Gasteiger partial charge is 0.265 e. The van der Waals surface area contributed by atoms with E-state index in [9.17, 15) is 9.59 Å². The van der Waals surface area contributed by atoms with Crippen molar-refractivity contribution >= 4 is 34.5 Å². The van der Waals surface area contributed by atoms with E-state index in [4.69, 9.17) is 4.74 Å². The van der Waals surface area contributed by atoms with Gasteiger partial charge in [0.15, 0.2) is 0 Å². The lowest BCUT2D eigenvalue weighted by Crippen LogP contribution is -2.39. The summed E-state index contributed by atoms with van der Waals surface area (Å²) in [6.45, 7) is 5.69. The van der Waals surface area contributed by atoms with Gasteiger partial charge in [0, 0.05) is 51.1 Å². The zero-order valence-corrected chi connectivity index (χ0v) is 19.0. The lowest BCUT2D eigenvalue weighted by molar-refractivity contribution is -0.136. The van der Waals surface area contributed by atoms with Crippen molar-refractivity contribution in [2.45, 2.75) is 39.3 Å². The first-order valence-corrected chi connectivity index (χ1v) is 11.3. The summed E-state index contributed by atoms with van der Waals surface area (Å²) >= 11 is 1.41. The number of ether oxygens (including phenoxy) is 1. The van der Waals surface area contributed by atoms with Gasteiger partial charge < -0.3 is 19.9 Å². The Hall–Kier alpha value is -2.38. The van der Waals surface area contributed by atoms with E-state index >= 15 is 0 Å². The van der Waals surface area contributed by atoms with E-state index < -0.39 is 0 Å². The minimum absolute atomic E-state index is 0.0871. The lowest BCUT2D eigenvalue weighted by Gasteiger charge is -2.29. The van der Waals surface area contributed by atoms with E-state index in [1.54, 1.807) is 6.07 Å². The van der Waals surface area contributed by atoms with Crippen molar-refractivity contribution in [3.63, 3.8) is 0 Å². The molecule has 0 spiro atoms. The molecule has 1 N–H and O–H groups in total. The maximum atomic E-state index is 12.9. The zero-order chi connectivity index (χ0) is 21.7. The van der Waals surface area contributed by atoms with Crippen molar-refractivity contribution in [3.8, 4) is 0 Å². The van der Waals surface area contributed by atoms with E-state index in [1.165, 1.54) is 11.3 Å². The maximum Gasteiger partial charge on any atom is 0.265 e. The molecule has 3 rings (SSSR count). The van der Waals surface area contributed by atoms with Crippen LogP contribution in [0.15, 0.2) is 35.7 Å². The van der Waals surface area contributed by atoms with Gasteiger partial charge in [-0.2, -0.15) is 0 Å². The van der Waals surface area contributed by atoms with Crippen LogP contribution in [-0.2, 0) is 16.1 Å². The fourth-order valence-electron chi connectivity index (χ4n) is 3.66. The van der Waals surface area contributed by atoms with Gasteiger partial charge in [0.05, 0.1) is 11.0 Å². The number of carbonyl (C=O) groups is 2. The highest BCUT2D eigenvalue weighted by Crippen LogP contribution is 2.26. The Balaban J connectivity index is 1.84. The molecule has 30 heavy (non-hydrogen) atoms. The normalized spacial score (nSPS) is 16.0. The molecule has 2 heterocycles. The molecule has 6 nitrogen and oxygen atoms in total. The van der Waals surface area contributed by atoms with Gasteiger partial charge in [-0.1, -0.05) is 19.9 Å². The summed E-state index contributed by atoms with van der Waals surface area (Å²) in [5.74, 6) is -0.0952. The number of carbonyl (C=O) groups excluding carboxylic acids is 2. The third kappa shape index (κ3) is 5.61. The second-order valence-corrected chi connectivity index (χ2v) is 9.13. The number of amides is 2. The average molecular weight is 430 g/mol. The Kier molecular flexibility index (Phi) is 7.50. The van der Waals surface area contributed by atoms with Crippen LogP contribution in [0.2, 0.25) is 0 Å². The molecule has 0 radical (unpaired) electrons. The molecule has 1 fully saturated rings. The van der Waals surface area contributed by atoms with Gasteiger partial charge in [-0.3, -0.25) is 9.59 Å². The number of anilines is 2. The van der Waals surface area contributed by atoms with Crippen molar-refractivity contribution < 1.29 is 14.3 Å². The maximum absolute atomic E-state index is 12.9. The molecule has 0 bridgehead atoms. The van der Waals surface area contributed by atoms with Crippen LogP contribution in [0.4, 0.5) is 11.4 Å². The van der Waals surface area contributed by atoms with Gasteiger partial charge in [0.2, 0.25) is 5.91 Å². The van der Waals surface area contributed by atoms with Gasteiger partial charge >= 0.3 is 0 Å². The zero-order valence-electron chi connectivity index (χ0n) is 18.2. The first-order valence-electron chi connectivity index (χ1n) is 10.4. The van der Waals surface area contributed by atoms with Gasteiger partial charge in [-0.05, 0) is 48.1 Å². The van der Waals surface area contributed by atoms with E-state index in [0.717, 1.165) is 36.4 Å². The number of hydrogen-bond acceptors (Lipinski definition) is 5. The van der Waals surface area contributed by atoms with Gasteiger partial charge in [0.25, 0.3) is 5.91 Å². The average Bonchev–Trinajstić information content (AvgIpc) is 3.41. The van der Waals surface area contributed by atoms with E-state index in [-0.39, 0.29) is 23.8 Å². The molecule has 2 amide bonds. The minimum Gasteiger partial charge on any atom is -0.377 e. The lowest BCUT2D eigenvalue weighted by atomic mass is 10.1. The molecule has 1 aliphatic rings. The summed E-state index contributed by atoms with van der Waals surface area (Å²) in [6, 6.07) is 9.53. The van der Waals surface area contributed by atoms with Crippen LogP contribution in [0.5, 0.6) is 0 Å². The molecule has 1 aromatic carbocycles. The molecule has 0 aliphatic carbocycles. The van der Waals surface area contributed by atoms with Gasteiger partial charge in [-0.15, -0.1) is 11.3 Å². The number of nitrogens with zero attached hydrogens (tertiary/aromatic N) is 2. The number of hydrogen-bond donors (Lipinski definition) is 1. The molecular formula is C23H31N3O3S. The first-order chi connectivity index (χ1) is 14.3. The molecule has 0 saturated carbocycles. The number of rotatable bonds is 8. The summed E-state index contributed by atoms with van der Waals surface area (Å²) < 4.78 is 5.79. The molecule has 1 saturated heterocycles. The van der Waals surface area contributed by atoms with Crippen molar-refractivity contribution in [1.82, 2.24) is 4.90 Å². The number of benzene rings is 1. The number of thiophene rings is 1. The molecular weight excluding hydrogens is 398 g/mol. The Morgan fingerprint density at radius 2 is 2.07 bits per heavy atom. The van der Waals surface area contributed by atoms with Gasteiger partial charge in [-0.25, -0.2) is 0 Å². The third-order valence-electron chi connectivity index (χ3n) is 5.18. The van der Waals surface area contributed by atoms with Crippen molar-refractivity contribution in [2.24, 2.45) is 5.92 Å². The first kappa shape index (κ1) is 22.3. The topological polar surface area (TPSA) is 61.9 Å². The van der Waals surface area contributed by atoms with E-state index in [1.807, 2.05) is 67.4 Å². The van der Waals surface area contributed by atoms with Crippen LogP contribution in [-0.4, -0.2) is 50.1 Å². The summed E-state index contributed by atoms with van der Waals surface area (Å²) in [5, 5.41) is 4.86. The Morgan fingerprint density at radius 1 is 1.27 bits per heavy atom. The molecule has 1 atom stereocenters. The quantitative estimate of drug-likeness (QED) is 0.682. The molecule has 162 valence electrons. The summed E-state index contributed by atoms with van der Waals surface area (Å²) in [6.07, 6.45) is 2.12. The summed E-state index contributed by atoms with van der Waals surface area (Å²) in [7, 11) is 3.97. The highest BCUT2D eigenvalue weighted by Gasteiger charge is 2.25. The Morgan fingerprint density at radius 3 is 2.67 bits per heavy atom. The monoisotopic (exact) mass is 429 g/mol. The van der Waals surface area contributed by atoms with Crippen LogP contribution >= 0.6 is 11.3 Å². The van der Waals surface area contributed by atoms with Crippen molar-refractivity contribution in [2.75, 3.05) is 37.5 Å². The third-order valence-corrected chi connectivity index (χ3v) is 6.05. The highest BCUT2D eigenvalue weighted by molar-refractivity contribution is 7.12. The number of nitrogens with one attached hydrogen (secondary N) is 1. The van der Waals surface area contributed by atoms with Crippen molar-refractivity contribution in [3.05, 3.63) is 46.2 Å². The second-order valence-electron chi connectivity index (χ2n) is 8.18. The Labute approximate surface area is 182 Å². The van der Waals surface area contributed by atoms with Crippen LogP contribution < -0.4 is 10.2 Å². The molecule has 7 heteroatoms. The fourth-order valence-corrected chi connectivity index (χ4v) is 4.28. The molecule has 1 aromatic heterocycles.